The molecule has 0 amide bonds. The SMILES string of the molecule is O=c1c2c([nH]n1-c1ccccc1)Cc1ccccc1C2. The number of nitrogens with zero attached hydrogens (tertiary/aromatic N) is 1. The van der Waals surface area contributed by atoms with Gasteiger partial charge in [0.15, 0.2) is 0 Å². The van der Waals surface area contributed by atoms with Crippen molar-refractivity contribution in [3.8, 4) is 5.69 Å². The van der Waals surface area contributed by atoms with Crippen molar-refractivity contribution in [1.29, 1.82) is 0 Å². The second-order valence-corrected chi connectivity index (χ2v) is 5.17. The quantitative estimate of drug-likeness (QED) is 0.562. The Bertz CT molecular complexity index is 828. The fraction of sp³-hybridized carbons (Fsp3) is 0.118. The molecule has 3 heteroatoms. The third-order valence-electron chi connectivity index (χ3n) is 3.94. The highest BCUT2D eigenvalue weighted by atomic mass is 16.1. The minimum Gasteiger partial charge on any atom is -0.294 e. The van der Waals surface area contributed by atoms with E-state index in [0.29, 0.717) is 0 Å². The van der Waals surface area contributed by atoms with E-state index in [9.17, 15) is 4.79 Å². The van der Waals surface area contributed by atoms with Crippen LogP contribution in [0.1, 0.15) is 22.4 Å². The molecule has 0 atom stereocenters. The minimum atomic E-state index is 0.0701. The number of fused-ring (bicyclic) bond motifs is 2. The zero-order chi connectivity index (χ0) is 13.5. The van der Waals surface area contributed by atoms with Crippen molar-refractivity contribution in [2.75, 3.05) is 0 Å². The molecule has 0 spiro atoms. The summed E-state index contributed by atoms with van der Waals surface area (Å²) in [4.78, 5) is 12.6. The van der Waals surface area contributed by atoms with Gasteiger partial charge in [-0.15, -0.1) is 0 Å². The Morgan fingerprint density at radius 2 is 1.50 bits per heavy atom. The molecule has 0 bridgehead atoms. The van der Waals surface area contributed by atoms with Crippen LogP contribution < -0.4 is 5.56 Å². The van der Waals surface area contributed by atoms with Gasteiger partial charge in [-0.1, -0.05) is 42.5 Å². The van der Waals surface area contributed by atoms with Crippen molar-refractivity contribution in [3.63, 3.8) is 0 Å². The fourth-order valence-corrected chi connectivity index (χ4v) is 2.89. The van der Waals surface area contributed by atoms with Gasteiger partial charge in [-0.05, 0) is 23.3 Å². The van der Waals surface area contributed by atoms with E-state index in [4.69, 9.17) is 0 Å². The molecule has 4 rings (SSSR count). The van der Waals surface area contributed by atoms with E-state index >= 15 is 0 Å². The van der Waals surface area contributed by atoms with Crippen LogP contribution in [0.2, 0.25) is 0 Å². The predicted octanol–water partition coefficient (Wildman–Crippen LogP) is 2.66. The van der Waals surface area contributed by atoms with Crippen LogP contribution in [0.5, 0.6) is 0 Å². The third kappa shape index (κ3) is 1.63. The van der Waals surface area contributed by atoms with Crippen LogP contribution in [0.4, 0.5) is 0 Å². The van der Waals surface area contributed by atoms with Crippen LogP contribution in [-0.4, -0.2) is 9.78 Å². The zero-order valence-corrected chi connectivity index (χ0v) is 11.0. The van der Waals surface area contributed by atoms with Gasteiger partial charge < -0.3 is 0 Å². The summed E-state index contributed by atoms with van der Waals surface area (Å²) in [6.45, 7) is 0. The van der Waals surface area contributed by atoms with Crippen molar-refractivity contribution in [3.05, 3.63) is 87.3 Å². The van der Waals surface area contributed by atoms with Gasteiger partial charge in [0.25, 0.3) is 5.56 Å². The van der Waals surface area contributed by atoms with Gasteiger partial charge in [0.1, 0.15) is 0 Å². The van der Waals surface area contributed by atoms with E-state index < -0.39 is 0 Å². The minimum absolute atomic E-state index is 0.0701. The average molecular weight is 262 g/mol. The van der Waals surface area contributed by atoms with Crippen molar-refractivity contribution in [2.24, 2.45) is 0 Å². The van der Waals surface area contributed by atoms with Crippen LogP contribution in [0, 0.1) is 0 Å². The van der Waals surface area contributed by atoms with E-state index in [1.165, 1.54) is 11.1 Å². The molecule has 1 aliphatic rings. The van der Waals surface area contributed by atoms with E-state index in [1.807, 2.05) is 36.4 Å². The highest BCUT2D eigenvalue weighted by molar-refractivity contribution is 5.43. The lowest BCUT2D eigenvalue weighted by atomic mass is 9.90. The van der Waals surface area contributed by atoms with Gasteiger partial charge in [-0.2, -0.15) is 0 Å². The van der Waals surface area contributed by atoms with Crippen LogP contribution >= 0.6 is 0 Å². The molecule has 0 saturated carbocycles. The Morgan fingerprint density at radius 1 is 0.850 bits per heavy atom. The maximum Gasteiger partial charge on any atom is 0.275 e. The molecule has 20 heavy (non-hydrogen) atoms. The first-order valence-electron chi connectivity index (χ1n) is 6.78. The van der Waals surface area contributed by atoms with Crippen molar-refractivity contribution in [2.45, 2.75) is 12.8 Å². The monoisotopic (exact) mass is 262 g/mol. The smallest absolute Gasteiger partial charge is 0.275 e. The lowest BCUT2D eigenvalue weighted by Crippen LogP contribution is -2.18. The molecule has 0 saturated heterocycles. The van der Waals surface area contributed by atoms with Gasteiger partial charge in [-0.3, -0.25) is 9.89 Å². The lowest BCUT2D eigenvalue weighted by molar-refractivity contribution is 0.824. The molecule has 0 fully saturated rings. The molecular weight excluding hydrogens is 248 g/mol. The summed E-state index contributed by atoms with van der Waals surface area (Å²) in [6, 6.07) is 18.0. The Kier molecular flexibility index (Phi) is 2.39. The lowest BCUT2D eigenvalue weighted by Gasteiger charge is -2.14. The maximum atomic E-state index is 12.6. The van der Waals surface area contributed by atoms with Gasteiger partial charge in [0.2, 0.25) is 0 Å². The van der Waals surface area contributed by atoms with Crippen molar-refractivity contribution < 1.29 is 0 Å². The molecule has 1 N–H and O–H groups in total. The van der Waals surface area contributed by atoms with E-state index in [1.54, 1.807) is 4.68 Å². The van der Waals surface area contributed by atoms with E-state index in [0.717, 1.165) is 29.8 Å². The van der Waals surface area contributed by atoms with Crippen LogP contribution in [0.3, 0.4) is 0 Å². The Morgan fingerprint density at radius 3 is 2.25 bits per heavy atom. The molecule has 1 heterocycles. The number of aromatic amines is 1. The summed E-state index contributed by atoms with van der Waals surface area (Å²) in [6.07, 6.45) is 1.53. The molecule has 0 radical (unpaired) electrons. The molecule has 2 aromatic carbocycles. The number of benzene rings is 2. The summed E-state index contributed by atoms with van der Waals surface area (Å²) in [5.74, 6) is 0. The van der Waals surface area contributed by atoms with Gasteiger partial charge >= 0.3 is 0 Å². The fourth-order valence-electron chi connectivity index (χ4n) is 2.89. The van der Waals surface area contributed by atoms with Gasteiger partial charge in [0, 0.05) is 24.1 Å². The second-order valence-electron chi connectivity index (χ2n) is 5.17. The molecule has 98 valence electrons. The highest BCUT2D eigenvalue weighted by Gasteiger charge is 2.21. The number of hydrogen-bond donors (Lipinski definition) is 1. The average Bonchev–Trinajstić information content (AvgIpc) is 2.83. The molecular formula is C17H14N2O. The topological polar surface area (TPSA) is 37.8 Å². The number of nitrogens with one attached hydrogen (secondary N) is 1. The molecule has 1 aromatic heterocycles. The van der Waals surface area contributed by atoms with Gasteiger partial charge in [0.05, 0.1) is 5.69 Å². The molecule has 3 nitrogen and oxygen atoms in total. The zero-order valence-electron chi connectivity index (χ0n) is 11.0. The molecule has 3 aromatic rings. The van der Waals surface area contributed by atoms with Crippen LogP contribution in [0.25, 0.3) is 5.69 Å². The number of hydrogen-bond acceptors (Lipinski definition) is 1. The summed E-state index contributed by atoms with van der Waals surface area (Å²) in [7, 11) is 0. The van der Waals surface area contributed by atoms with Gasteiger partial charge in [-0.25, -0.2) is 4.68 Å². The normalized spacial score (nSPS) is 12.8. The first kappa shape index (κ1) is 11.3. The summed E-state index contributed by atoms with van der Waals surface area (Å²) in [5.41, 5.74) is 5.46. The standard InChI is InChI=1S/C17H14N2O/c20-17-15-10-12-6-4-5-7-13(12)11-16(15)18-19(17)14-8-2-1-3-9-14/h1-9,18H,10-11H2. The Labute approximate surface area is 116 Å². The summed E-state index contributed by atoms with van der Waals surface area (Å²) >= 11 is 0. The van der Waals surface area contributed by atoms with Crippen molar-refractivity contribution in [1.82, 2.24) is 9.78 Å². The molecule has 1 aliphatic carbocycles. The number of H-pyrrole nitrogens is 1. The predicted molar refractivity (Wildman–Crippen MR) is 78.4 cm³/mol. The van der Waals surface area contributed by atoms with Crippen LogP contribution in [0.15, 0.2) is 59.4 Å². The Hall–Kier alpha value is -2.55. The maximum absolute atomic E-state index is 12.6. The second kappa shape index (κ2) is 4.23. The number of para-hydroxylation sites is 1. The van der Waals surface area contributed by atoms with E-state index in [-0.39, 0.29) is 5.56 Å². The first-order chi connectivity index (χ1) is 9.83. The first-order valence-corrected chi connectivity index (χ1v) is 6.78. The van der Waals surface area contributed by atoms with Crippen molar-refractivity contribution >= 4 is 0 Å². The summed E-state index contributed by atoms with van der Waals surface area (Å²) < 4.78 is 1.65. The largest absolute Gasteiger partial charge is 0.294 e. The van der Waals surface area contributed by atoms with Crippen LogP contribution in [-0.2, 0) is 12.8 Å². The Balaban J connectivity index is 1.86. The number of aromatic nitrogens is 2. The highest BCUT2D eigenvalue weighted by Crippen LogP contribution is 2.24. The molecule has 0 unspecified atom stereocenters. The van der Waals surface area contributed by atoms with E-state index in [2.05, 4.69) is 23.3 Å². The summed E-state index contributed by atoms with van der Waals surface area (Å²) in [5, 5.41) is 3.26. The third-order valence-corrected chi connectivity index (χ3v) is 3.94. The number of rotatable bonds is 1. The molecule has 0 aliphatic heterocycles.